The number of halogens is 1. The Morgan fingerprint density at radius 3 is 3.00 bits per heavy atom. The molecular weight excluding hydrogens is 250 g/mol. The third kappa shape index (κ3) is 3.37. The molecule has 4 N–H and O–H groups in total. The molecule has 4 nitrogen and oxygen atoms in total. The summed E-state index contributed by atoms with van der Waals surface area (Å²) in [6.07, 6.45) is 3.37. The van der Waals surface area contributed by atoms with E-state index in [1.54, 1.807) is 12.1 Å². The Hall–Kier alpha value is -1.26. The second kappa shape index (κ2) is 6.07. The second-order valence-electron chi connectivity index (χ2n) is 4.58. The van der Waals surface area contributed by atoms with Crippen LogP contribution in [-0.4, -0.2) is 25.0 Å². The van der Waals surface area contributed by atoms with E-state index >= 15 is 0 Å². The quantitative estimate of drug-likeness (QED) is 0.785. The third-order valence-electron chi connectivity index (χ3n) is 3.18. The van der Waals surface area contributed by atoms with Crippen molar-refractivity contribution in [3.63, 3.8) is 0 Å². The summed E-state index contributed by atoms with van der Waals surface area (Å²) in [5.41, 5.74) is 6.55. The van der Waals surface area contributed by atoms with Gasteiger partial charge in [-0.15, -0.1) is 0 Å². The summed E-state index contributed by atoms with van der Waals surface area (Å²) in [6.45, 7) is 2.10. The SMILES string of the molecule is NC(=O)c1cc(NC2CCCNCC2)ccc1Cl. The highest BCUT2D eigenvalue weighted by Gasteiger charge is 2.13. The lowest BCUT2D eigenvalue weighted by atomic mass is 10.1. The lowest BCUT2D eigenvalue weighted by Gasteiger charge is -2.18. The van der Waals surface area contributed by atoms with Crippen molar-refractivity contribution in [3.05, 3.63) is 28.8 Å². The van der Waals surface area contributed by atoms with Crippen molar-refractivity contribution >= 4 is 23.2 Å². The number of benzene rings is 1. The van der Waals surface area contributed by atoms with E-state index in [4.69, 9.17) is 17.3 Å². The van der Waals surface area contributed by atoms with E-state index in [-0.39, 0.29) is 0 Å². The first-order valence-electron chi connectivity index (χ1n) is 6.23. The van der Waals surface area contributed by atoms with Crippen molar-refractivity contribution in [2.24, 2.45) is 5.73 Å². The van der Waals surface area contributed by atoms with E-state index in [0.29, 0.717) is 16.6 Å². The Labute approximate surface area is 112 Å². The number of amides is 1. The maximum absolute atomic E-state index is 11.2. The number of carbonyl (C=O) groups is 1. The van der Waals surface area contributed by atoms with Gasteiger partial charge in [-0.25, -0.2) is 0 Å². The highest BCUT2D eigenvalue weighted by atomic mass is 35.5. The maximum Gasteiger partial charge on any atom is 0.250 e. The fraction of sp³-hybridized carbons (Fsp3) is 0.462. The van der Waals surface area contributed by atoms with Gasteiger partial charge in [0.2, 0.25) is 5.91 Å². The minimum atomic E-state index is -0.494. The molecule has 1 aromatic carbocycles. The maximum atomic E-state index is 11.2. The molecule has 0 saturated carbocycles. The Bertz CT molecular complexity index is 428. The van der Waals surface area contributed by atoms with Crippen LogP contribution in [0, 0.1) is 0 Å². The van der Waals surface area contributed by atoms with Crippen LogP contribution in [0.1, 0.15) is 29.6 Å². The molecule has 0 aliphatic carbocycles. The number of hydrogen-bond acceptors (Lipinski definition) is 3. The smallest absolute Gasteiger partial charge is 0.250 e. The number of rotatable bonds is 3. The zero-order valence-electron chi connectivity index (χ0n) is 10.2. The van der Waals surface area contributed by atoms with Gasteiger partial charge in [-0.2, -0.15) is 0 Å². The molecule has 0 aromatic heterocycles. The van der Waals surface area contributed by atoms with Gasteiger partial charge in [0.15, 0.2) is 0 Å². The lowest BCUT2D eigenvalue weighted by molar-refractivity contribution is 0.100. The van der Waals surface area contributed by atoms with Crippen molar-refractivity contribution in [3.8, 4) is 0 Å². The predicted octanol–water partition coefficient (Wildman–Crippen LogP) is 1.99. The first kappa shape index (κ1) is 13.2. The molecule has 1 aliphatic heterocycles. The topological polar surface area (TPSA) is 67.2 Å². The number of primary amides is 1. The van der Waals surface area contributed by atoms with E-state index in [0.717, 1.165) is 38.0 Å². The fourth-order valence-electron chi connectivity index (χ4n) is 2.20. The van der Waals surface area contributed by atoms with Crippen molar-refractivity contribution in [2.75, 3.05) is 18.4 Å². The van der Waals surface area contributed by atoms with Crippen LogP contribution in [0.25, 0.3) is 0 Å². The normalized spacial score (nSPS) is 20.2. The van der Waals surface area contributed by atoms with Gasteiger partial charge >= 0.3 is 0 Å². The number of anilines is 1. The van der Waals surface area contributed by atoms with Crippen LogP contribution in [-0.2, 0) is 0 Å². The van der Waals surface area contributed by atoms with Crippen LogP contribution in [0.5, 0.6) is 0 Å². The summed E-state index contributed by atoms with van der Waals surface area (Å²) in [5, 5.41) is 7.20. The number of carbonyl (C=O) groups excluding carboxylic acids is 1. The van der Waals surface area contributed by atoms with Crippen LogP contribution in [0.15, 0.2) is 18.2 Å². The molecule has 5 heteroatoms. The van der Waals surface area contributed by atoms with Gasteiger partial charge in [-0.05, 0) is 50.6 Å². The van der Waals surface area contributed by atoms with Gasteiger partial charge in [0, 0.05) is 11.7 Å². The van der Waals surface area contributed by atoms with Crippen LogP contribution < -0.4 is 16.4 Å². The van der Waals surface area contributed by atoms with Crippen LogP contribution in [0.3, 0.4) is 0 Å². The lowest BCUT2D eigenvalue weighted by Crippen LogP contribution is -2.22. The number of nitrogens with one attached hydrogen (secondary N) is 2. The molecular formula is C13H18ClN3O. The minimum Gasteiger partial charge on any atom is -0.382 e. The molecule has 0 radical (unpaired) electrons. The van der Waals surface area contributed by atoms with Gasteiger partial charge in [0.25, 0.3) is 0 Å². The zero-order valence-corrected chi connectivity index (χ0v) is 11.0. The second-order valence-corrected chi connectivity index (χ2v) is 4.99. The van der Waals surface area contributed by atoms with Gasteiger partial charge in [-0.3, -0.25) is 4.79 Å². The molecule has 1 amide bonds. The predicted molar refractivity (Wildman–Crippen MR) is 74.1 cm³/mol. The van der Waals surface area contributed by atoms with Gasteiger partial charge in [-0.1, -0.05) is 11.6 Å². The highest BCUT2D eigenvalue weighted by Crippen LogP contribution is 2.22. The van der Waals surface area contributed by atoms with Crippen LogP contribution >= 0.6 is 11.6 Å². The highest BCUT2D eigenvalue weighted by molar-refractivity contribution is 6.33. The molecule has 1 heterocycles. The van der Waals surface area contributed by atoms with Crippen molar-refractivity contribution in [1.82, 2.24) is 5.32 Å². The van der Waals surface area contributed by atoms with E-state index in [9.17, 15) is 4.79 Å². The van der Waals surface area contributed by atoms with Gasteiger partial charge in [0.05, 0.1) is 10.6 Å². The Morgan fingerprint density at radius 2 is 2.22 bits per heavy atom. The Balaban J connectivity index is 2.08. The van der Waals surface area contributed by atoms with Gasteiger partial charge in [0.1, 0.15) is 0 Å². The Morgan fingerprint density at radius 1 is 1.39 bits per heavy atom. The van der Waals surface area contributed by atoms with E-state index in [1.165, 1.54) is 0 Å². The van der Waals surface area contributed by atoms with Crippen LogP contribution in [0.2, 0.25) is 5.02 Å². The molecule has 1 unspecified atom stereocenters. The summed E-state index contributed by atoms with van der Waals surface area (Å²) in [6, 6.07) is 5.75. The number of nitrogens with two attached hydrogens (primary N) is 1. The zero-order chi connectivity index (χ0) is 13.0. The monoisotopic (exact) mass is 267 g/mol. The van der Waals surface area contributed by atoms with Crippen molar-refractivity contribution in [1.29, 1.82) is 0 Å². The first-order chi connectivity index (χ1) is 8.66. The molecule has 1 aromatic rings. The molecule has 1 fully saturated rings. The third-order valence-corrected chi connectivity index (χ3v) is 3.51. The van der Waals surface area contributed by atoms with Gasteiger partial charge < -0.3 is 16.4 Å². The van der Waals surface area contributed by atoms with Crippen LogP contribution in [0.4, 0.5) is 5.69 Å². The molecule has 0 spiro atoms. The summed E-state index contributed by atoms with van der Waals surface area (Å²) in [5.74, 6) is -0.494. The number of hydrogen-bond donors (Lipinski definition) is 3. The molecule has 1 atom stereocenters. The van der Waals surface area contributed by atoms with E-state index in [1.807, 2.05) is 6.07 Å². The van der Waals surface area contributed by atoms with E-state index in [2.05, 4.69) is 10.6 Å². The molecule has 98 valence electrons. The summed E-state index contributed by atoms with van der Waals surface area (Å²) in [4.78, 5) is 11.2. The molecule has 0 bridgehead atoms. The first-order valence-corrected chi connectivity index (χ1v) is 6.61. The summed E-state index contributed by atoms with van der Waals surface area (Å²) >= 11 is 5.92. The largest absolute Gasteiger partial charge is 0.382 e. The van der Waals surface area contributed by atoms with E-state index < -0.39 is 5.91 Å². The molecule has 18 heavy (non-hydrogen) atoms. The fourth-order valence-corrected chi connectivity index (χ4v) is 2.41. The molecule has 1 aliphatic rings. The van der Waals surface area contributed by atoms with Crippen molar-refractivity contribution < 1.29 is 4.79 Å². The minimum absolute atomic E-state index is 0.369. The Kier molecular flexibility index (Phi) is 4.44. The average Bonchev–Trinajstić information content (AvgIpc) is 2.60. The average molecular weight is 268 g/mol. The standard InChI is InChI=1S/C13H18ClN3O/c14-12-4-3-10(8-11(12)13(15)18)17-9-2-1-6-16-7-5-9/h3-4,8-9,16-17H,1-2,5-7H2,(H2,15,18). The summed E-state index contributed by atoms with van der Waals surface area (Å²) in [7, 11) is 0. The molecule has 2 rings (SSSR count). The molecule has 1 saturated heterocycles. The summed E-state index contributed by atoms with van der Waals surface area (Å²) < 4.78 is 0. The van der Waals surface area contributed by atoms with Crippen molar-refractivity contribution in [2.45, 2.75) is 25.3 Å².